The summed E-state index contributed by atoms with van der Waals surface area (Å²) in [5, 5.41) is 0. The summed E-state index contributed by atoms with van der Waals surface area (Å²) in [6, 6.07) is 18.1. The zero-order chi connectivity index (χ0) is 19.4. The third-order valence-corrected chi connectivity index (χ3v) is 5.37. The Bertz CT molecular complexity index is 1030. The quantitative estimate of drug-likeness (QED) is 0.703. The van der Waals surface area contributed by atoms with Gasteiger partial charge in [-0.25, -0.2) is 8.42 Å². The SMILES string of the molecule is Cc1ccc(CN(C)C(=O)c2ccc(NS(=O)(=O)c3ccccc3)cc2)o1. The number of carbonyl (C=O) groups is 1. The molecule has 0 aliphatic carbocycles. The number of amides is 1. The Balaban J connectivity index is 1.68. The van der Waals surface area contributed by atoms with Gasteiger partial charge in [0.05, 0.1) is 11.4 Å². The minimum absolute atomic E-state index is 0.179. The van der Waals surface area contributed by atoms with E-state index in [2.05, 4.69) is 4.72 Å². The largest absolute Gasteiger partial charge is 0.464 e. The van der Waals surface area contributed by atoms with Gasteiger partial charge >= 0.3 is 0 Å². The van der Waals surface area contributed by atoms with E-state index >= 15 is 0 Å². The number of aryl methyl sites for hydroxylation is 1. The number of sulfonamides is 1. The van der Waals surface area contributed by atoms with Crippen LogP contribution in [0.15, 0.2) is 76.0 Å². The maximum absolute atomic E-state index is 12.5. The molecule has 1 amide bonds. The second-order valence-electron chi connectivity index (χ2n) is 6.17. The van der Waals surface area contributed by atoms with Crippen LogP contribution in [-0.2, 0) is 16.6 Å². The molecule has 0 saturated heterocycles. The molecule has 3 aromatic rings. The maximum atomic E-state index is 12.5. The van der Waals surface area contributed by atoms with Crippen molar-refractivity contribution in [3.8, 4) is 0 Å². The van der Waals surface area contributed by atoms with Crippen molar-refractivity contribution in [1.82, 2.24) is 4.90 Å². The van der Waals surface area contributed by atoms with Crippen molar-refractivity contribution < 1.29 is 17.6 Å². The smallest absolute Gasteiger partial charge is 0.261 e. The summed E-state index contributed by atoms with van der Waals surface area (Å²) in [4.78, 5) is 14.2. The van der Waals surface area contributed by atoms with Crippen LogP contribution in [0.2, 0.25) is 0 Å². The van der Waals surface area contributed by atoms with Crippen LogP contribution in [0.4, 0.5) is 5.69 Å². The van der Waals surface area contributed by atoms with E-state index in [1.54, 1.807) is 54.4 Å². The second kappa shape index (κ2) is 7.67. The summed E-state index contributed by atoms with van der Waals surface area (Å²) in [6.45, 7) is 2.20. The highest BCUT2D eigenvalue weighted by Gasteiger charge is 2.16. The molecule has 0 atom stereocenters. The van der Waals surface area contributed by atoms with Gasteiger partial charge in [0.15, 0.2) is 0 Å². The highest BCUT2D eigenvalue weighted by Crippen LogP contribution is 2.18. The lowest BCUT2D eigenvalue weighted by atomic mass is 10.2. The zero-order valence-electron chi connectivity index (χ0n) is 15.0. The van der Waals surface area contributed by atoms with Crippen molar-refractivity contribution >= 4 is 21.6 Å². The fraction of sp³-hybridized carbons (Fsp3) is 0.150. The summed E-state index contributed by atoms with van der Waals surface area (Å²) in [6.07, 6.45) is 0. The highest BCUT2D eigenvalue weighted by molar-refractivity contribution is 7.92. The van der Waals surface area contributed by atoms with Crippen molar-refractivity contribution in [1.29, 1.82) is 0 Å². The minimum atomic E-state index is -3.66. The fourth-order valence-electron chi connectivity index (χ4n) is 2.59. The number of nitrogens with one attached hydrogen (secondary N) is 1. The summed E-state index contributed by atoms with van der Waals surface area (Å²) >= 11 is 0. The van der Waals surface area contributed by atoms with Crippen LogP contribution >= 0.6 is 0 Å². The van der Waals surface area contributed by atoms with Gasteiger partial charge in [0.1, 0.15) is 11.5 Å². The van der Waals surface area contributed by atoms with Crippen LogP contribution in [0, 0.1) is 6.92 Å². The van der Waals surface area contributed by atoms with Gasteiger partial charge < -0.3 is 9.32 Å². The molecule has 0 aliphatic rings. The molecule has 0 spiro atoms. The Hall–Kier alpha value is -3.06. The predicted molar refractivity (Wildman–Crippen MR) is 103 cm³/mol. The van der Waals surface area contributed by atoms with Gasteiger partial charge in [-0.05, 0) is 55.5 Å². The van der Waals surface area contributed by atoms with E-state index < -0.39 is 10.0 Å². The number of benzene rings is 2. The van der Waals surface area contributed by atoms with Gasteiger partial charge in [0.2, 0.25) is 0 Å². The first kappa shape index (κ1) is 18.7. The molecule has 27 heavy (non-hydrogen) atoms. The van der Waals surface area contributed by atoms with Crippen molar-refractivity contribution in [2.75, 3.05) is 11.8 Å². The van der Waals surface area contributed by atoms with Gasteiger partial charge in [-0.2, -0.15) is 0 Å². The molecule has 2 aromatic carbocycles. The summed E-state index contributed by atoms with van der Waals surface area (Å²) in [7, 11) is -1.97. The van der Waals surface area contributed by atoms with E-state index in [4.69, 9.17) is 4.42 Å². The van der Waals surface area contributed by atoms with Crippen LogP contribution in [0.5, 0.6) is 0 Å². The van der Waals surface area contributed by atoms with Crippen LogP contribution in [-0.4, -0.2) is 26.3 Å². The average molecular weight is 384 g/mol. The van der Waals surface area contributed by atoms with E-state index in [0.29, 0.717) is 23.6 Å². The molecule has 3 rings (SSSR count). The monoisotopic (exact) mass is 384 g/mol. The van der Waals surface area contributed by atoms with Gasteiger partial charge in [-0.1, -0.05) is 18.2 Å². The average Bonchev–Trinajstić information content (AvgIpc) is 3.07. The van der Waals surface area contributed by atoms with Crippen molar-refractivity contribution in [3.05, 3.63) is 83.8 Å². The molecule has 0 unspecified atom stereocenters. The minimum Gasteiger partial charge on any atom is -0.464 e. The standard InChI is InChI=1S/C20H20N2O4S/c1-15-8-13-18(26-15)14-22(2)20(23)16-9-11-17(12-10-16)21-27(24,25)19-6-4-3-5-7-19/h3-13,21H,14H2,1-2H3. The molecule has 0 radical (unpaired) electrons. The Labute approximate surface area is 158 Å². The third kappa shape index (κ3) is 4.57. The van der Waals surface area contributed by atoms with Crippen LogP contribution < -0.4 is 4.72 Å². The molecule has 0 aliphatic heterocycles. The summed E-state index contributed by atoms with van der Waals surface area (Å²) in [5.41, 5.74) is 0.850. The third-order valence-electron chi connectivity index (χ3n) is 3.97. The molecular formula is C20H20N2O4S. The molecule has 0 bridgehead atoms. The maximum Gasteiger partial charge on any atom is 0.261 e. The van der Waals surface area contributed by atoms with E-state index in [1.807, 2.05) is 19.1 Å². The molecule has 6 nitrogen and oxygen atoms in total. The predicted octanol–water partition coefficient (Wildman–Crippen LogP) is 3.66. The molecule has 140 valence electrons. The Morgan fingerprint density at radius 1 is 1.00 bits per heavy atom. The Kier molecular flexibility index (Phi) is 5.32. The number of rotatable bonds is 6. The van der Waals surface area contributed by atoms with Crippen molar-refractivity contribution in [3.63, 3.8) is 0 Å². The molecule has 0 saturated carbocycles. The van der Waals surface area contributed by atoms with Gasteiger partial charge in [0.25, 0.3) is 15.9 Å². The molecular weight excluding hydrogens is 364 g/mol. The number of carbonyl (C=O) groups excluding carboxylic acids is 1. The first-order valence-corrected chi connectivity index (χ1v) is 9.82. The lowest BCUT2D eigenvalue weighted by Gasteiger charge is -2.16. The van der Waals surface area contributed by atoms with Crippen LogP contribution in [0.1, 0.15) is 21.9 Å². The van der Waals surface area contributed by atoms with E-state index in [9.17, 15) is 13.2 Å². The van der Waals surface area contributed by atoms with Crippen molar-refractivity contribution in [2.45, 2.75) is 18.4 Å². The normalized spacial score (nSPS) is 11.2. The van der Waals surface area contributed by atoms with Crippen molar-refractivity contribution in [2.24, 2.45) is 0 Å². The number of hydrogen-bond donors (Lipinski definition) is 1. The lowest BCUT2D eigenvalue weighted by molar-refractivity contribution is 0.0775. The first-order valence-electron chi connectivity index (χ1n) is 8.34. The van der Waals surface area contributed by atoms with Gasteiger partial charge in [-0.15, -0.1) is 0 Å². The van der Waals surface area contributed by atoms with Gasteiger partial charge in [0, 0.05) is 18.3 Å². The van der Waals surface area contributed by atoms with Crippen LogP contribution in [0.25, 0.3) is 0 Å². The number of nitrogens with zero attached hydrogens (tertiary/aromatic N) is 1. The molecule has 0 fully saturated rings. The van der Waals surface area contributed by atoms with Gasteiger partial charge in [-0.3, -0.25) is 9.52 Å². The molecule has 1 heterocycles. The summed E-state index contributed by atoms with van der Waals surface area (Å²) < 4.78 is 32.7. The second-order valence-corrected chi connectivity index (χ2v) is 7.85. The van der Waals surface area contributed by atoms with E-state index in [0.717, 1.165) is 5.76 Å². The zero-order valence-corrected chi connectivity index (χ0v) is 15.9. The molecule has 1 aromatic heterocycles. The number of hydrogen-bond acceptors (Lipinski definition) is 4. The Morgan fingerprint density at radius 2 is 1.67 bits per heavy atom. The highest BCUT2D eigenvalue weighted by atomic mass is 32.2. The lowest BCUT2D eigenvalue weighted by Crippen LogP contribution is -2.26. The Morgan fingerprint density at radius 3 is 2.26 bits per heavy atom. The first-order chi connectivity index (χ1) is 12.8. The van der Waals surface area contributed by atoms with Crippen LogP contribution in [0.3, 0.4) is 0 Å². The fourth-order valence-corrected chi connectivity index (χ4v) is 3.67. The molecule has 1 N–H and O–H groups in total. The number of anilines is 1. The summed E-state index contributed by atoms with van der Waals surface area (Å²) in [5.74, 6) is 1.32. The topological polar surface area (TPSA) is 79.6 Å². The molecule has 7 heteroatoms. The number of furan rings is 1. The van der Waals surface area contributed by atoms with E-state index in [-0.39, 0.29) is 10.8 Å². The van der Waals surface area contributed by atoms with E-state index in [1.165, 1.54) is 12.1 Å².